The van der Waals surface area contributed by atoms with Gasteiger partial charge in [0.15, 0.2) is 0 Å². The fourth-order valence-corrected chi connectivity index (χ4v) is 2.87. The van der Waals surface area contributed by atoms with E-state index < -0.39 is 0 Å². The average Bonchev–Trinajstić information content (AvgIpc) is 2.39. The van der Waals surface area contributed by atoms with Gasteiger partial charge < -0.3 is 10.2 Å². The summed E-state index contributed by atoms with van der Waals surface area (Å²) in [4.78, 5) is 2.60. The highest BCUT2D eigenvalue weighted by Crippen LogP contribution is 2.16. The molecule has 1 aliphatic heterocycles. The topological polar surface area (TPSA) is 15.3 Å². The highest BCUT2D eigenvalue weighted by molar-refractivity contribution is 6.30. The summed E-state index contributed by atoms with van der Waals surface area (Å²) in [7, 11) is 2.05. The van der Waals surface area contributed by atoms with E-state index in [1.54, 1.807) is 0 Å². The SMILES string of the molecule is CNCC1CCCN(CCc2ccc(Cl)cc2)C1.Cl.Cl. The van der Waals surface area contributed by atoms with E-state index in [0.717, 1.165) is 23.9 Å². The van der Waals surface area contributed by atoms with Gasteiger partial charge in [0.05, 0.1) is 0 Å². The van der Waals surface area contributed by atoms with Crippen molar-refractivity contribution in [1.29, 1.82) is 0 Å². The van der Waals surface area contributed by atoms with E-state index in [0.29, 0.717) is 0 Å². The molecule has 0 bridgehead atoms. The van der Waals surface area contributed by atoms with Gasteiger partial charge in [-0.05, 0) is 63.0 Å². The van der Waals surface area contributed by atoms with Crippen LogP contribution in [0.1, 0.15) is 18.4 Å². The predicted octanol–water partition coefficient (Wildman–Crippen LogP) is 3.66. The Balaban J connectivity index is 0.00000180. The van der Waals surface area contributed by atoms with Gasteiger partial charge in [0, 0.05) is 18.1 Å². The number of rotatable bonds is 5. The normalized spacial score (nSPS) is 19.0. The average molecular weight is 340 g/mol. The zero-order valence-corrected chi connectivity index (χ0v) is 14.4. The number of hydrogen-bond donors (Lipinski definition) is 1. The van der Waals surface area contributed by atoms with Crippen LogP contribution < -0.4 is 5.32 Å². The summed E-state index contributed by atoms with van der Waals surface area (Å²) in [6.45, 7) is 4.82. The summed E-state index contributed by atoms with van der Waals surface area (Å²) in [6, 6.07) is 8.24. The molecule has 0 radical (unpaired) electrons. The minimum absolute atomic E-state index is 0. The molecule has 20 heavy (non-hydrogen) atoms. The van der Waals surface area contributed by atoms with Gasteiger partial charge in [-0.1, -0.05) is 23.7 Å². The summed E-state index contributed by atoms with van der Waals surface area (Å²) >= 11 is 5.90. The molecular weight excluding hydrogens is 315 g/mol. The maximum Gasteiger partial charge on any atom is 0.0406 e. The lowest BCUT2D eigenvalue weighted by Gasteiger charge is -2.32. The summed E-state index contributed by atoms with van der Waals surface area (Å²) in [5.74, 6) is 0.828. The van der Waals surface area contributed by atoms with Crippen LogP contribution in [-0.4, -0.2) is 38.1 Å². The van der Waals surface area contributed by atoms with Crippen molar-refractivity contribution in [1.82, 2.24) is 10.2 Å². The molecule has 1 aliphatic rings. The molecule has 2 rings (SSSR count). The Morgan fingerprint density at radius 3 is 2.60 bits per heavy atom. The van der Waals surface area contributed by atoms with Crippen LogP contribution in [0.15, 0.2) is 24.3 Å². The number of likely N-dealkylation sites (tertiary alicyclic amines) is 1. The molecule has 1 aromatic rings. The zero-order chi connectivity index (χ0) is 12.8. The third kappa shape index (κ3) is 6.64. The molecule has 0 aliphatic carbocycles. The van der Waals surface area contributed by atoms with Gasteiger partial charge in [-0.2, -0.15) is 0 Å². The minimum atomic E-state index is 0. The molecule has 5 heteroatoms. The molecule has 1 fully saturated rings. The van der Waals surface area contributed by atoms with Gasteiger partial charge in [0.1, 0.15) is 0 Å². The van der Waals surface area contributed by atoms with Gasteiger partial charge in [-0.25, -0.2) is 0 Å². The second kappa shape index (κ2) is 10.7. The van der Waals surface area contributed by atoms with Crippen molar-refractivity contribution in [2.75, 3.05) is 33.2 Å². The number of piperidine rings is 1. The molecule has 1 aromatic carbocycles. The van der Waals surface area contributed by atoms with Gasteiger partial charge in [-0.15, -0.1) is 24.8 Å². The monoisotopic (exact) mass is 338 g/mol. The van der Waals surface area contributed by atoms with E-state index in [9.17, 15) is 0 Å². The lowest BCUT2D eigenvalue weighted by atomic mass is 9.97. The van der Waals surface area contributed by atoms with E-state index in [1.165, 1.54) is 38.0 Å². The molecule has 0 saturated carbocycles. The highest BCUT2D eigenvalue weighted by atomic mass is 35.5. The predicted molar refractivity (Wildman–Crippen MR) is 92.7 cm³/mol. The van der Waals surface area contributed by atoms with E-state index in [4.69, 9.17) is 11.6 Å². The van der Waals surface area contributed by atoms with E-state index in [2.05, 4.69) is 22.3 Å². The molecular formula is C15H25Cl3N2. The molecule has 0 aromatic heterocycles. The van der Waals surface area contributed by atoms with Crippen molar-refractivity contribution in [3.63, 3.8) is 0 Å². The van der Waals surface area contributed by atoms with Crippen molar-refractivity contribution >= 4 is 36.4 Å². The van der Waals surface area contributed by atoms with Gasteiger partial charge in [0.25, 0.3) is 0 Å². The molecule has 1 N–H and O–H groups in total. The van der Waals surface area contributed by atoms with Crippen molar-refractivity contribution in [3.8, 4) is 0 Å². The van der Waals surface area contributed by atoms with Gasteiger partial charge in [-0.3, -0.25) is 0 Å². The van der Waals surface area contributed by atoms with E-state index in [1.807, 2.05) is 19.2 Å². The Kier molecular flexibility index (Phi) is 10.7. The second-order valence-electron chi connectivity index (χ2n) is 5.24. The van der Waals surface area contributed by atoms with E-state index >= 15 is 0 Å². The first kappa shape index (κ1) is 20.0. The fourth-order valence-electron chi connectivity index (χ4n) is 2.75. The Morgan fingerprint density at radius 2 is 1.95 bits per heavy atom. The summed E-state index contributed by atoms with van der Waals surface area (Å²) in [5, 5.41) is 4.12. The molecule has 0 amide bonds. The lowest BCUT2D eigenvalue weighted by Crippen LogP contribution is -2.39. The maximum absolute atomic E-state index is 5.90. The van der Waals surface area contributed by atoms with Gasteiger partial charge in [0.2, 0.25) is 0 Å². The van der Waals surface area contributed by atoms with Crippen molar-refractivity contribution < 1.29 is 0 Å². The number of halogens is 3. The first-order valence-electron chi connectivity index (χ1n) is 6.89. The van der Waals surface area contributed by atoms with Crippen LogP contribution >= 0.6 is 36.4 Å². The summed E-state index contributed by atoms with van der Waals surface area (Å²) in [6.07, 6.45) is 3.84. The van der Waals surface area contributed by atoms with Crippen LogP contribution in [0.25, 0.3) is 0 Å². The van der Waals surface area contributed by atoms with Crippen LogP contribution in [0.4, 0.5) is 0 Å². The number of hydrogen-bond acceptors (Lipinski definition) is 2. The molecule has 1 atom stereocenters. The van der Waals surface area contributed by atoms with Crippen LogP contribution in [-0.2, 0) is 6.42 Å². The largest absolute Gasteiger partial charge is 0.319 e. The third-order valence-electron chi connectivity index (χ3n) is 3.73. The summed E-state index contributed by atoms with van der Waals surface area (Å²) in [5.41, 5.74) is 1.38. The Bertz CT molecular complexity index is 355. The molecule has 1 heterocycles. The first-order chi connectivity index (χ1) is 8.78. The Hall–Kier alpha value is 0.01000. The number of nitrogens with one attached hydrogen (secondary N) is 1. The second-order valence-corrected chi connectivity index (χ2v) is 5.68. The van der Waals surface area contributed by atoms with E-state index in [-0.39, 0.29) is 24.8 Å². The van der Waals surface area contributed by atoms with Crippen LogP contribution in [0.5, 0.6) is 0 Å². The van der Waals surface area contributed by atoms with Crippen molar-refractivity contribution in [3.05, 3.63) is 34.9 Å². The van der Waals surface area contributed by atoms with Crippen molar-refractivity contribution in [2.45, 2.75) is 19.3 Å². The van der Waals surface area contributed by atoms with Crippen LogP contribution in [0.3, 0.4) is 0 Å². The summed E-state index contributed by atoms with van der Waals surface area (Å²) < 4.78 is 0. The van der Waals surface area contributed by atoms with Gasteiger partial charge >= 0.3 is 0 Å². The molecule has 1 unspecified atom stereocenters. The Morgan fingerprint density at radius 1 is 1.25 bits per heavy atom. The number of nitrogens with zero attached hydrogens (tertiary/aromatic N) is 1. The fraction of sp³-hybridized carbons (Fsp3) is 0.600. The highest BCUT2D eigenvalue weighted by Gasteiger charge is 2.18. The quantitative estimate of drug-likeness (QED) is 0.880. The molecule has 116 valence electrons. The standard InChI is InChI=1S/C15H23ClN2.2ClH/c1-17-11-14-3-2-9-18(12-14)10-8-13-4-6-15(16)7-5-13;;/h4-7,14,17H,2-3,8-12H2,1H3;2*1H. The number of benzene rings is 1. The third-order valence-corrected chi connectivity index (χ3v) is 3.98. The maximum atomic E-state index is 5.90. The van der Waals surface area contributed by atoms with Crippen molar-refractivity contribution in [2.24, 2.45) is 5.92 Å². The first-order valence-corrected chi connectivity index (χ1v) is 7.27. The lowest BCUT2D eigenvalue weighted by molar-refractivity contribution is 0.175. The Labute approximate surface area is 140 Å². The van der Waals surface area contributed by atoms with Crippen LogP contribution in [0, 0.1) is 5.92 Å². The van der Waals surface area contributed by atoms with Crippen LogP contribution in [0.2, 0.25) is 5.02 Å². The smallest absolute Gasteiger partial charge is 0.0406 e. The zero-order valence-electron chi connectivity index (χ0n) is 12.0. The molecule has 1 saturated heterocycles. The molecule has 0 spiro atoms. The molecule has 2 nitrogen and oxygen atoms in total. The minimum Gasteiger partial charge on any atom is -0.319 e.